The predicted molar refractivity (Wildman–Crippen MR) is 116 cm³/mol. The predicted octanol–water partition coefficient (Wildman–Crippen LogP) is 3.18. The van der Waals surface area contributed by atoms with Gasteiger partial charge >= 0.3 is 6.03 Å². The van der Waals surface area contributed by atoms with E-state index in [0.29, 0.717) is 25.5 Å². The normalized spacial score (nSPS) is 16.4. The van der Waals surface area contributed by atoms with Crippen molar-refractivity contribution in [3.8, 4) is 5.69 Å². The summed E-state index contributed by atoms with van der Waals surface area (Å²) < 4.78 is 14.6. The van der Waals surface area contributed by atoms with Gasteiger partial charge in [0, 0.05) is 19.0 Å². The Morgan fingerprint density at radius 1 is 1.23 bits per heavy atom. The van der Waals surface area contributed by atoms with Gasteiger partial charge < -0.3 is 20.1 Å². The molecule has 2 heterocycles. The van der Waals surface area contributed by atoms with Crippen molar-refractivity contribution < 1.29 is 14.3 Å². The first-order valence-electron chi connectivity index (χ1n) is 10.5. The van der Waals surface area contributed by atoms with Crippen LogP contribution in [0.5, 0.6) is 0 Å². The van der Waals surface area contributed by atoms with Crippen molar-refractivity contribution in [1.82, 2.24) is 14.7 Å². The lowest BCUT2D eigenvalue weighted by atomic mass is 9.82. The number of ether oxygens (including phenoxy) is 2. The molecule has 2 aromatic rings. The quantitative estimate of drug-likeness (QED) is 0.647. The number of urea groups is 1. The summed E-state index contributed by atoms with van der Waals surface area (Å²) in [5.41, 5.74) is 1.38. The van der Waals surface area contributed by atoms with Crippen molar-refractivity contribution in [1.29, 1.82) is 0 Å². The highest BCUT2D eigenvalue weighted by Gasteiger charge is 2.36. The van der Waals surface area contributed by atoms with Gasteiger partial charge in [-0.2, -0.15) is 0 Å². The van der Waals surface area contributed by atoms with Crippen LogP contribution in [0.25, 0.3) is 5.69 Å². The van der Waals surface area contributed by atoms with Crippen LogP contribution in [0.2, 0.25) is 0 Å². The number of nitrogens with zero attached hydrogens (tertiary/aromatic N) is 2. The fourth-order valence-corrected chi connectivity index (χ4v) is 3.79. The minimum atomic E-state index is -0.382. The Kier molecular flexibility index (Phi) is 6.99. The fourth-order valence-electron chi connectivity index (χ4n) is 3.79. The maximum atomic E-state index is 12.9. The molecule has 1 aliphatic heterocycles. The molecule has 3 rings (SSSR count). The first-order chi connectivity index (χ1) is 14.4. The summed E-state index contributed by atoms with van der Waals surface area (Å²) >= 11 is 0. The van der Waals surface area contributed by atoms with E-state index in [-0.39, 0.29) is 29.0 Å². The molecule has 0 aliphatic carbocycles. The molecule has 2 N–H and O–H groups in total. The van der Waals surface area contributed by atoms with E-state index < -0.39 is 0 Å². The van der Waals surface area contributed by atoms with Gasteiger partial charge in [-0.3, -0.25) is 9.48 Å². The van der Waals surface area contributed by atoms with Crippen LogP contribution in [0, 0.1) is 12.3 Å². The minimum Gasteiger partial charge on any atom is -0.350 e. The number of hydrogen-bond acceptors (Lipinski definition) is 4. The first kappa shape index (κ1) is 22.1. The second kappa shape index (κ2) is 9.49. The van der Waals surface area contributed by atoms with Gasteiger partial charge in [0.25, 0.3) is 5.56 Å². The van der Waals surface area contributed by atoms with Gasteiger partial charge in [-0.1, -0.05) is 32.0 Å². The lowest BCUT2D eigenvalue weighted by molar-refractivity contribution is -0.131. The van der Waals surface area contributed by atoms with Crippen LogP contribution in [-0.2, 0) is 16.5 Å². The van der Waals surface area contributed by atoms with Crippen LogP contribution >= 0.6 is 0 Å². The minimum absolute atomic E-state index is 0.0753. The van der Waals surface area contributed by atoms with Crippen molar-refractivity contribution in [3.05, 3.63) is 46.4 Å². The van der Waals surface area contributed by atoms with E-state index >= 15 is 0 Å². The van der Waals surface area contributed by atoms with E-state index in [1.54, 1.807) is 16.4 Å². The zero-order valence-electron chi connectivity index (χ0n) is 18.2. The number of amides is 2. The third-order valence-electron chi connectivity index (χ3n) is 6.00. The summed E-state index contributed by atoms with van der Waals surface area (Å²) in [5, 5.41) is 5.57. The molecule has 0 spiro atoms. The van der Waals surface area contributed by atoms with Gasteiger partial charge in [0.2, 0.25) is 0 Å². The number of benzene rings is 1. The van der Waals surface area contributed by atoms with E-state index in [9.17, 15) is 9.59 Å². The van der Waals surface area contributed by atoms with Gasteiger partial charge in [0.05, 0.1) is 24.6 Å². The number of hydrogen-bond donors (Lipinski definition) is 2. The number of carbonyl (C=O) groups is 1. The second-order valence-corrected chi connectivity index (χ2v) is 8.00. The Hall–Kier alpha value is -2.58. The van der Waals surface area contributed by atoms with E-state index in [0.717, 1.165) is 24.9 Å². The maximum Gasteiger partial charge on any atom is 0.319 e. The van der Waals surface area contributed by atoms with Gasteiger partial charge in [-0.05, 0) is 38.3 Å². The van der Waals surface area contributed by atoms with E-state index in [1.807, 2.05) is 37.3 Å². The third-order valence-corrected chi connectivity index (χ3v) is 6.00. The Morgan fingerprint density at radius 3 is 2.53 bits per heavy atom. The number of carbonyl (C=O) groups excluding carboxylic acids is 1. The molecule has 2 amide bonds. The molecule has 1 aliphatic rings. The molecular weight excluding hydrogens is 384 g/mol. The molecule has 0 unspecified atom stereocenters. The van der Waals surface area contributed by atoms with E-state index in [2.05, 4.69) is 24.5 Å². The summed E-state index contributed by atoms with van der Waals surface area (Å²) in [4.78, 5) is 25.3. The average Bonchev–Trinajstić information content (AvgIpc) is 3.36. The standard InChI is InChI=1S/C22H32N4O4/c1-5-22(3,20-29-14-15-30-20)12-9-13-23-21(28)24-18-16(2)25(4)26(19(18)27)17-10-7-6-8-11-17/h6-8,10-11,20H,5,9,12-15H2,1-4H3,(H2,23,24,28)/t22-/m1/s1. The van der Waals surface area contributed by atoms with Crippen molar-refractivity contribution in [2.75, 3.05) is 25.1 Å². The van der Waals surface area contributed by atoms with Crippen LogP contribution < -0.4 is 16.2 Å². The summed E-state index contributed by atoms with van der Waals surface area (Å²) in [6.07, 6.45) is 2.43. The average molecular weight is 417 g/mol. The molecule has 1 fully saturated rings. The monoisotopic (exact) mass is 416 g/mol. The zero-order valence-corrected chi connectivity index (χ0v) is 18.2. The Balaban J connectivity index is 1.57. The lowest BCUT2D eigenvalue weighted by Crippen LogP contribution is -2.35. The van der Waals surface area contributed by atoms with Crippen molar-refractivity contribution >= 4 is 11.7 Å². The smallest absolute Gasteiger partial charge is 0.319 e. The first-order valence-corrected chi connectivity index (χ1v) is 10.5. The number of aromatic nitrogens is 2. The molecular formula is C22H32N4O4. The lowest BCUT2D eigenvalue weighted by Gasteiger charge is -2.33. The second-order valence-electron chi connectivity index (χ2n) is 8.00. The largest absolute Gasteiger partial charge is 0.350 e. The van der Waals surface area contributed by atoms with Gasteiger partial charge in [0.15, 0.2) is 6.29 Å². The zero-order chi connectivity index (χ0) is 21.7. The molecule has 8 heteroatoms. The molecule has 1 aromatic heterocycles. The number of rotatable bonds is 8. The number of anilines is 1. The topological polar surface area (TPSA) is 86.5 Å². The van der Waals surface area contributed by atoms with Crippen LogP contribution in [0.3, 0.4) is 0 Å². The van der Waals surface area contributed by atoms with Gasteiger partial charge in [-0.25, -0.2) is 9.48 Å². The van der Waals surface area contributed by atoms with Gasteiger partial charge in [-0.15, -0.1) is 0 Å². The van der Waals surface area contributed by atoms with Crippen LogP contribution in [-0.4, -0.2) is 41.4 Å². The molecule has 30 heavy (non-hydrogen) atoms. The van der Waals surface area contributed by atoms with Crippen molar-refractivity contribution in [2.24, 2.45) is 12.5 Å². The van der Waals surface area contributed by atoms with Crippen LogP contribution in [0.4, 0.5) is 10.5 Å². The molecule has 1 aromatic carbocycles. The van der Waals surface area contributed by atoms with Crippen molar-refractivity contribution in [2.45, 2.75) is 46.3 Å². The highest BCUT2D eigenvalue weighted by atomic mass is 16.7. The molecule has 164 valence electrons. The van der Waals surface area contributed by atoms with E-state index in [4.69, 9.17) is 9.47 Å². The Labute approximate surface area is 177 Å². The molecule has 0 bridgehead atoms. The molecule has 0 saturated carbocycles. The summed E-state index contributed by atoms with van der Waals surface area (Å²) in [6.45, 7) is 7.87. The molecule has 1 atom stereocenters. The highest BCUT2D eigenvalue weighted by Crippen LogP contribution is 2.35. The number of nitrogens with one attached hydrogen (secondary N) is 2. The van der Waals surface area contributed by atoms with E-state index in [1.165, 1.54) is 0 Å². The van der Waals surface area contributed by atoms with Crippen LogP contribution in [0.1, 0.15) is 38.8 Å². The fraction of sp³-hybridized carbons (Fsp3) is 0.545. The van der Waals surface area contributed by atoms with Gasteiger partial charge in [0.1, 0.15) is 5.69 Å². The molecule has 0 radical (unpaired) electrons. The molecule has 8 nitrogen and oxygen atoms in total. The SMILES string of the molecule is CC[C@](C)(CCCNC(=O)Nc1c(C)n(C)n(-c2ccccc2)c1=O)C1OCCO1. The Bertz CT molecular complexity index is 915. The summed E-state index contributed by atoms with van der Waals surface area (Å²) in [6, 6.07) is 8.96. The third kappa shape index (κ3) is 4.60. The van der Waals surface area contributed by atoms with Crippen molar-refractivity contribution in [3.63, 3.8) is 0 Å². The summed E-state index contributed by atoms with van der Waals surface area (Å²) in [7, 11) is 1.80. The highest BCUT2D eigenvalue weighted by molar-refractivity contribution is 5.89. The van der Waals surface area contributed by atoms with Crippen LogP contribution in [0.15, 0.2) is 35.1 Å². The molecule has 1 saturated heterocycles. The summed E-state index contributed by atoms with van der Waals surface area (Å²) in [5.74, 6) is 0. The Morgan fingerprint density at radius 2 is 1.90 bits per heavy atom. The maximum absolute atomic E-state index is 12.9. The number of para-hydroxylation sites is 1.